The minimum Gasteiger partial charge on any atom is -0.382 e. The second-order valence-electron chi connectivity index (χ2n) is 5.34. The Morgan fingerprint density at radius 3 is 1.94 bits per heavy atom. The first-order valence-corrected chi connectivity index (χ1v) is 6.10. The van der Waals surface area contributed by atoms with Crippen molar-refractivity contribution in [1.82, 2.24) is 0 Å². The van der Waals surface area contributed by atoms with E-state index in [9.17, 15) is 0 Å². The van der Waals surface area contributed by atoms with Crippen LogP contribution in [-0.4, -0.2) is 13.2 Å². The third-order valence-corrected chi connectivity index (χ3v) is 2.34. The van der Waals surface area contributed by atoms with Gasteiger partial charge >= 0.3 is 0 Å². The normalized spacial score (nSPS) is 12.1. The van der Waals surface area contributed by atoms with E-state index in [0.29, 0.717) is 12.3 Å². The standard InChI is InChI=1S/C8H15NO.C6H11N/c1-7(10-4)5-8(2,3)6-9;1-6(2)4-3-5-7/h7H,5H2,1-4H3;6H,3-4H2,1-2H3. The van der Waals surface area contributed by atoms with Gasteiger partial charge in [-0.3, -0.25) is 0 Å². The van der Waals surface area contributed by atoms with Gasteiger partial charge in [0.1, 0.15) is 0 Å². The summed E-state index contributed by atoms with van der Waals surface area (Å²) in [5.41, 5.74) is -0.255. The smallest absolute Gasteiger partial charge is 0.0684 e. The van der Waals surface area contributed by atoms with Crippen LogP contribution in [0.15, 0.2) is 0 Å². The molecule has 0 N–H and O–H groups in total. The van der Waals surface area contributed by atoms with Crippen molar-refractivity contribution in [2.45, 2.75) is 60.0 Å². The topological polar surface area (TPSA) is 56.8 Å². The lowest BCUT2D eigenvalue weighted by atomic mass is 9.89. The Morgan fingerprint density at radius 2 is 1.71 bits per heavy atom. The van der Waals surface area contributed by atoms with Crippen molar-refractivity contribution >= 4 is 0 Å². The third-order valence-electron chi connectivity index (χ3n) is 2.34. The number of hydrogen-bond acceptors (Lipinski definition) is 3. The Kier molecular flexibility index (Phi) is 10.9. The molecule has 1 atom stereocenters. The number of rotatable bonds is 5. The van der Waals surface area contributed by atoms with Crippen LogP contribution in [-0.2, 0) is 4.74 Å². The predicted octanol–water partition coefficient (Wildman–Crippen LogP) is 3.91. The Labute approximate surface area is 106 Å². The first-order chi connectivity index (χ1) is 7.79. The molecule has 0 fully saturated rings. The SMILES string of the molecule is CC(C)CCC#N.COC(C)CC(C)(C)C#N. The first-order valence-electron chi connectivity index (χ1n) is 6.10. The van der Waals surface area contributed by atoms with Crippen LogP contribution in [0, 0.1) is 34.0 Å². The van der Waals surface area contributed by atoms with E-state index in [-0.39, 0.29) is 11.5 Å². The highest BCUT2D eigenvalue weighted by Crippen LogP contribution is 2.21. The van der Waals surface area contributed by atoms with Gasteiger partial charge in [0, 0.05) is 13.5 Å². The second-order valence-corrected chi connectivity index (χ2v) is 5.34. The summed E-state index contributed by atoms with van der Waals surface area (Å²) in [4.78, 5) is 0. The molecule has 0 bridgehead atoms. The number of nitrogens with zero attached hydrogens (tertiary/aromatic N) is 2. The van der Waals surface area contributed by atoms with E-state index >= 15 is 0 Å². The molecule has 0 radical (unpaired) electrons. The molecule has 0 heterocycles. The van der Waals surface area contributed by atoms with Crippen LogP contribution in [0.1, 0.15) is 53.9 Å². The molecule has 0 aromatic carbocycles. The molecule has 17 heavy (non-hydrogen) atoms. The Balaban J connectivity index is 0. The van der Waals surface area contributed by atoms with Crippen LogP contribution in [0.3, 0.4) is 0 Å². The minimum absolute atomic E-state index is 0.176. The maximum absolute atomic E-state index is 8.63. The van der Waals surface area contributed by atoms with Gasteiger partial charge in [0.05, 0.1) is 23.7 Å². The fourth-order valence-corrected chi connectivity index (χ4v) is 1.20. The summed E-state index contributed by atoms with van der Waals surface area (Å²) in [7, 11) is 1.66. The molecular weight excluding hydrogens is 212 g/mol. The van der Waals surface area contributed by atoms with Crippen LogP contribution in [0.2, 0.25) is 0 Å². The fraction of sp³-hybridized carbons (Fsp3) is 0.857. The third kappa shape index (κ3) is 14.9. The minimum atomic E-state index is -0.255. The van der Waals surface area contributed by atoms with Gasteiger partial charge in [0.25, 0.3) is 0 Å². The summed E-state index contributed by atoms with van der Waals surface area (Å²) >= 11 is 0. The fourth-order valence-electron chi connectivity index (χ4n) is 1.20. The molecule has 0 aromatic heterocycles. The zero-order valence-corrected chi connectivity index (χ0v) is 12.1. The Hall–Kier alpha value is -1.06. The summed E-state index contributed by atoms with van der Waals surface area (Å²) in [6, 6.07) is 4.33. The molecule has 0 aliphatic heterocycles. The quantitative estimate of drug-likeness (QED) is 0.729. The van der Waals surface area contributed by atoms with E-state index in [0.717, 1.165) is 12.8 Å². The van der Waals surface area contributed by atoms with Gasteiger partial charge in [-0.2, -0.15) is 10.5 Å². The van der Waals surface area contributed by atoms with Crippen molar-refractivity contribution < 1.29 is 4.74 Å². The number of hydrogen-bond donors (Lipinski definition) is 0. The summed E-state index contributed by atoms with van der Waals surface area (Å²) in [6.45, 7) is 10.1. The van der Waals surface area contributed by atoms with Gasteiger partial charge in [-0.15, -0.1) is 0 Å². The van der Waals surface area contributed by atoms with Crippen molar-refractivity contribution in [2.24, 2.45) is 11.3 Å². The average Bonchev–Trinajstić information content (AvgIpc) is 2.26. The van der Waals surface area contributed by atoms with E-state index in [1.165, 1.54) is 0 Å². The monoisotopic (exact) mass is 238 g/mol. The van der Waals surface area contributed by atoms with E-state index in [4.69, 9.17) is 15.3 Å². The van der Waals surface area contributed by atoms with E-state index in [1.54, 1.807) is 7.11 Å². The Morgan fingerprint density at radius 1 is 1.18 bits per heavy atom. The van der Waals surface area contributed by atoms with Gasteiger partial charge in [-0.1, -0.05) is 13.8 Å². The van der Waals surface area contributed by atoms with Crippen LogP contribution < -0.4 is 0 Å². The molecule has 0 amide bonds. The van der Waals surface area contributed by atoms with Gasteiger partial charge in [-0.05, 0) is 39.5 Å². The zero-order valence-electron chi connectivity index (χ0n) is 12.1. The lowest BCUT2D eigenvalue weighted by molar-refractivity contribution is 0.0887. The number of nitriles is 2. The molecule has 3 nitrogen and oxygen atoms in total. The van der Waals surface area contributed by atoms with Gasteiger partial charge in [-0.25, -0.2) is 0 Å². The van der Waals surface area contributed by atoms with E-state index in [2.05, 4.69) is 26.0 Å². The maximum atomic E-state index is 8.63. The summed E-state index contributed by atoms with van der Waals surface area (Å²) in [5, 5.41) is 16.7. The largest absolute Gasteiger partial charge is 0.382 e. The van der Waals surface area contributed by atoms with Crippen molar-refractivity contribution in [1.29, 1.82) is 10.5 Å². The molecule has 0 aliphatic carbocycles. The number of ether oxygens (including phenoxy) is 1. The number of methoxy groups -OCH3 is 1. The molecule has 1 unspecified atom stereocenters. The van der Waals surface area contributed by atoms with Crippen LogP contribution in [0.5, 0.6) is 0 Å². The predicted molar refractivity (Wildman–Crippen MR) is 70.2 cm³/mol. The summed E-state index contributed by atoms with van der Waals surface area (Å²) in [6.07, 6.45) is 2.71. The van der Waals surface area contributed by atoms with Crippen molar-refractivity contribution in [3.05, 3.63) is 0 Å². The lowest BCUT2D eigenvalue weighted by Crippen LogP contribution is -2.17. The summed E-state index contributed by atoms with van der Waals surface area (Å²) < 4.78 is 5.04. The van der Waals surface area contributed by atoms with E-state index < -0.39 is 0 Å². The van der Waals surface area contributed by atoms with Gasteiger partial charge < -0.3 is 4.74 Å². The van der Waals surface area contributed by atoms with E-state index in [1.807, 2.05) is 20.8 Å². The zero-order chi connectivity index (χ0) is 13.9. The molecule has 0 aliphatic rings. The highest BCUT2D eigenvalue weighted by atomic mass is 16.5. The van der Waals surface area contributed by atoms with Crippen molar-refractivity contribution in [2.75, 3.05) is 7.11 Å². The Bertz CT molecular complexity index is 258. The molecule has 98 valence electrons. The van der Waals surface area contributed by atoms with Gasteiger partial charge in [0.2, 0.25) is 0 Å². The van der Waals surface area contributed by atoms with Crippen molar-refractivity contribution in [3.63, 3.8) is 0 Å². The van der Waals surface area contributed by atoms with Crippen LogP contribution in [0.25, 0.3) is 0 Å². The average molecular weight is 238 g/mol. The first kappa shape index (κ1) is 18.3. The molecule has 0 saturated heterocycles. The molecule has 0 rings (SSSR count). The highest BCUT2D eigenvalue weighted by molar-refractivity contribution is 4.92. The van der Waals surface area contributed by atoms with Crippen molar-refractivity contribution in [3.8, 4) is 12.1 Å². The second kappa shape index (κ2) is 10.1. The molecular formula is C14H26N2O. The summed E-state index contributed by atoms with van der Waals surface area (Å²) in [5.74, 6) is 0.680. The maximum Gasteiger partial charge on any atom is 0.0684 e. The van der Waals surface area contributed by atoms with Gasteiger partial charge in [0.15, 0.2) is 0 Å². The molecule has 3 heteroatoms. The lowest BCUT2D eigenvalue weighted by Gasteiger charge is -2.18. The van der Waals surface area contributed by atoms with Crippen LogP contribution >= 0.6 is 0 Å². The molecule has 0 aromatic rings. The molecule has 0 spiro atoms. The highest BCUT2D eigenvalue weighted by Gasteiger charge is 2.19. The van der Waals surface area contributed by atoms with Crippen LogP contribution in [0.4, 0.5) is 0 Å². The molecule has 0 saturated carbocycles.